The Labute approximate surface area is 119 Å². The first kappa shape index (κ1) is 13.5. The van der Waals surface area contributed by atoms with Crippen LogP contribution < -0.4 is 5.73 Å². The summed E-state index contributed by atoms with van der Waals surface area (Å²) in [6, 6.07) is 0. The summed E-state index contributed by atoms with van der Waals surface area (Å²) >= 11 is 0. The molecule has 1 aromatic rings. The fourth-order valence-corrected chi connectivity index (χ4v) is 3.94. The summed E-state index contributed by atoms with van der Waals surface area (Å²) in [5, 5.41) is 8.07. The number of hydrogen-bond acceptors (Lipinski definition) is 5. The summed E-state index contributed by atoms with van der Waals surface area (Å²) in [6.45, 7) is 0. The molecule has 8 heteroatoms. The van der Waals surface area contributed by atoms with Crippen molar-refractivity contribution in [3.05, 3.63) is 11.8 Å². The highest BCUT2D eigenvalue weighted by Gasteiger charge is 2.56. The lowest BCUT2D eigenvalue weighted by Gasteiger charge is -2.34. The lowest BCUT2D eigenvalue weighted by molar-refractivity contribution is -0.352. The zero-order valence-corrected chi connectivity index (χ0v) is 11.3. The normalized spacial score (nSPS) is 41.7. The molecule has 4 aliphatic rings. The first-order valence-corrected chi connectivity index (χ1v) is 7.18. The van der Waals surface area contributed by atoms with Crippen LogP contribution in [0.2, 0.25) is 0 Å². The van der Waals surface area contributed by atoms with Gasteiger partial charge in [-0.15, -0.1) is 23.4 Å². The number of nitrogens with zero attached hydrogens (tertiary/aromatic N) is 2. The van der Waals surface area contributed by atoms with Crippen LogP contribution in [0.1, 0.15) is 55.7 Å². The Bertz CT molecular complexity index is 547. The van der Waals surface area contributed by atoms with E-state index in [0.717, 1.165) is 19.3 Å². The molecule has 1 heterocycles. The quantitative estimate of drug-likeness (QED) is 0.928. The van der Waals surface area contributed by atoms with Crippen molar-refractivity contribution in [2.75, 3.05) is 0 Å². The summed E-state index contributed by atoms with van der Waals surface area (Å²) in [6.07, 6.45) is -1.95. The van der Waals surface area contributed by atoms with Crippen molar-refractivity contribution >= 4 is 0 Å². The minimum atomic E-state index is -4.57. The van der Waals surface area contributed by atoms with Crippen LogP contribution >= 0.6 is 0 Å². The average molecular weight is 303 g/mol. The molecule has 4 fully saturated rings. The topological polar surface area (TPSA) is 74.2 Å². The van der Waals surface area contributed by atoms with Gasteiger partial charge >= 0.3 is 6.36 Å². The third kappa shape index (κ3) is 2.34. The molecule has 5 nitrogen and oxygen atoms in total. The van der Waals surface area contributed by atoms with Gasteiger partial charge in [0, 0.05) is 17.4 Å². The summed E-state index contributed by atoms with van der Waals surface area (Å²) in [5.74, 6) is 1.65. The third-order valence-corrected chi connectivity index (χ3v) is 5.05. The van der Waals surface area contributed by atoms with Crippen molar-refractivity contribution in [2.24, 2.45) is 11.7 Å². The van der Waals surface area contributed by atoms with Crippen molar-refractivity contribution in [3.63, 3.8) is 0 Å². The predicted molar refractivity (Wildman–Crippen MR) is 64.2 cm³/mol. The molecule has 4 saturated carbocycles. The summed E-state index contributed by atoms with van der Waals surface area (Å²) in [7, 11) is 0. The highest BCUT2D eigenvalue weighted by molar-refractivity contribution is 5.17. The Morgan fingerprint density at radius 1 is 1.14 bits per heavy atom. The van der Waals surface area contributed by atoms with E-state index in [1.165, 1.54) is 0 Å². The van der Waals surface area contributed by atoms with Crippen LogP contribution in [0.3, 0.4) is 0 Å². The standard InChI is InChI=1S/C13H16F3N3O2/c14-13(15,16)21-8-1-6(2-8)10-18-19-11(20-10)9-5-12(17)3-7(9)4-12/h6-9H,1-5,17H2/t6?,7?,8?,9-,12?/m0/s1. The molecule has 5 rings (SSSR count). The Hall–Kier alpha value is -1.15. The van der Waals surface area contributed by atoms with Crippen LogP contribution in [0.15, 0.2) is 4.42 Å². The van der Waals surface area contributed by atoms with Gasteiger partial charge in [0.25, 0.3) is 0 Å². The molecule has 0 aromatic carbocycles. The number of halogens is 3. The van der Waals surface area contributed by atoms with E-state index in [-0.39, 0.29) is 30.2 Å². The van der Waals surface area contributed by atoms with E-state index < -0.39 is 12.5 Å². The summed E-state index contributed by atoms with van der Waals surface area (Å²) in [5.41, 5.74) is 6.08. The zero-order chi connectivity index (χ0) is 14.8. The predicted octanol–water partition coefficient (Wildman–Crippen LogP) is 2.45. The van der Waals surface area contributed by atoms with Gasteiger partial charge in [-0.05, 0) is 38.0 Å². The average Bonchev–Trinajstić information content (AvgIpc) is 2.92. The molecule has 2 N–H and O–H groups in total. The number of aromatic nitrogens is 2. The van der Waals surface area contributed by atoms with Gasteiger partial charge in [-0.3, -0.25) is 4.74 Å². The SMILES string of the molecule is NC12CC(C1)[C@@H](c1nnc(C3CC(OC(F)(F)F)C3)o1)C2. The van der Waals surface area contributed by atoms with Gasteiger partial charge in [-0.1, -0.05) is 0 Å². The van der Waals surface area contributed by atoms with E-state index in [4.69, 9.17) is 10.2 Å². The molecule has 0 radical (unpaired) electrons. The van der Waals surface area contributed by atoms with Gasteiger partial charge in [0.05, 0.1) is 6.10 Å². The second kappa shape index (κ2) is 4.19. The van der Waals surface area contributed by atoms with E-state index in [1.54, 1.807) is 0 Å². The number of hydrogen-bond donors (Lipinski definition) is 1. The largest absolute Gasteiger partial charge is 0.522 e. The first-order chi connectivity index (χ1) is 9.81. The molecule has 4 aliphatic carbocycles. The minimum Gasteiger partial charge on any atom is -0.425 e. The van der Waals surface area contributed by atoms with Crippen molar-refractivity contribution in [2.45, 2.75) is 61.9 Å². The van der Waals surface area contributed by atoms with E-state index in [1.807, 2.05) is 0 Å². The third-order valence-electron chi connectivity index (χ3n) is 5.05. The second-order valence-electron chi connectivity index (χ2n) is 6.67. The van der Waals surface area contributed by atoms with E-state index in [2.05, 4.69) is 14.9 Å². The number of rotatable bonds is 3. The van der Waals surface area contributed by atoms with Crippen molar-refractivity contribution in [3.8, 4) is 0 Å². The van der Waals surface area contributed by atoms with Crippen LogP contribution in [0, 0.1) is 5.92 Å². The second-order valence-corrected chi connectivity index (χ2v) is 6.67. The molecule has 0 aliphatic heterocycles. The van der Waals surface area contributed by atoms with E-state index in [9.17, 15) is 13.2 Å². The molecular formula is C13H16F3N3O2. The Morgan fingerprint density at radius 3 is 2.38 bits per heavy atom. The van der Waals surface area contributed by atoms with E-state index in [0.29, 0.717) is 17.7 Å². The van der Waals surface area contributed by atoms with Crippen LogP contribution in [-0.4, -0.2) is 28.2 Å². The molecule has 0 saturated heterocycles. The molecule has 116 valence electrons. The lowest BCUT2D eigenvalue weighted by atomic mass is 9.77. The van der Waals surface area contributed by atoms with Crippen molar-refractivity contribution in [1.82, 2.24) is 10.2 Å². The smallest absolute Gasteiger partial charge is 0.425 e. The van der Waals surface area contributed by atoms with Crippen molar-refractivity contribution < 1.29 is 22.3 Å². The van der Waals surface area contributed by atoms with Crippen molar-refractivity contribution in [1.29, 1.82) is 0 Å². The van der Waals surface area contributed by atoms with Crippen LogP contribution in [0.5, 0.6) is 0 Å². The van der Waals surface area contributed by atoms with Crippen LogP contribution in [0.25, 0.3) is 0 Å². The van der Waals surface area contributed by atoms with Gasteiger partial charge in [0.15, 0.2) is 0 Å². The lowest BCUT2D eigenvalue weighted by Crippen LogP contribution is -2.44. The fourth-order valence-electron chi connectivity index (χ4n) is 3.94. The maximum absolute atomic E-state index is 12.1. The van der Waals surface area contributed by atoms with Gasteiger partial charge in [0.2, 0.25) is 11.8 Å². The molecule has 0 unspecified atom stereocenters. The summed E-state index contributed by atoms with van der Waals surface area (Å²) < 4.78 is 45.8. The van der Waals surface area contributed by atoms with E-state index >= 15 is 0 Å². The highest BCUT2D eigenvalue weighted by atomic mass is 19.4. The molecule has 0 amide bonds. The number of alkyl halides is 3. The molecular weight excluding hydrogens is 287 g/mol. The van der Waals surface area contributed by atoms with Gasteiger partial charge in [0.1, 0.15) is 0 Å². The molecule has 1 aromatic heterocycles. The number of ether oxygens (including phenoxy) is 1. The Balaban J connectivity index is 1.36. The van der Waals surface area contributed by atoms with Crippen LogP contribution in [-0.2, 0) is 4.74 Å². The Kier molecular flexibility index (Phi) is 2.70. The number of fused-ring (bicyclic) bond motifs is 1. The first-order valence-electron chi connectivity index (χ1n) is 7.18. The zero-order valence-electron chi connectivity index (χ0n) is 11.3. The molecule has 1 atom stereocenters. The molecule has 2 bridgehead atoms. The summed E-state index contributed by atoms with van der Waals surface area (Å²) in [4.78, 5) is 0. The van der Waals surface area contributed by atoms with Gasteiger partial charge in [-0.2, -0.15) is 0 Å². The maximum atomic E-state index is 12.1. The number of nitrogens with two attached hydrogens (primary N) is 1. The monoisotopic (exact) mass is 303 g/mol. The van der Waals surface area contributed by atoms with Gasteiger partial charge < -0.3 is 10.2 Å². The van der Waals surface area contributed by atoms with Crippen LogP contribution in [0.4, 0.5) is 13.2 Å². The molecule has 0 spiro atoms. The fraction of sp³-hybridized carbons (Fsp3) is 0.846. The minimum absolute atomic E-state index is 0.0634. The Morgan fingerprint density at radius 2 is 1.81 bits per heavy atom. The molecule has 21 heavy (non-hydrogen) atoms. The maximum Gasteiger partial charge on any atom is 0.522 e. The van der Waals surface area contributed by atoms with Gasteiger partial charge in [-0.25, -0.2) is 0 Å². The highest BCUT2D eigenvalue weighted by Crippen LogP contribution is 2.58.